The number of hydrogen-bond acceptors (Lipinski definition) is 4. The number of aliphatic carboxylic acids is 1. The summed E-state index contributed by atoms with van der Waals surface area (Å²) in [5.74, 6) is -1.27. The van der Waals surface area contributed by atoms with Gasteiger partial charge in [-0.15, -0.1) is 0 Å². The van der Waals surface area contributed by atoms with Crippen molar-refractivity contribution in [3.8, 4) is 0 Å². The van der Waals surface area contributed by atoms with Crippen molar-refractivity contribution in [2.45, 2.75) is 19.0 Å². The Labute approximate surface area is 102 Å². The number of urea groups is 1. The Hall–Kier alpha value is -1.60. The Bertz CT molecular complexity index is 380. The van der Waals surface area contributed by atoms with Crippen molar-refractivity contribution in [3.63, 3.8) is 0 Å². The zero-order valence-electron chi connectivity index (χ0n) is 9.21. The highest BCUT2D eigenvalue weighted by atomic mass is 32.1. The lowest BCUT2D eigenvalue weighted by Crippen LogP contribution is -2.48. The second kappa shape index (κ2) is 6.21. The van der Waals surface area contributed by atoms with Crippen LogP contribution in [-0.4, -0.2) is 34.9 Å². The molecule has 94 valence electrons. The van der Waals surface area contributed by atoms with Gasteiger partial charge in [-0.1, -0.05) is 0 Å². The molecule has 1 aromatic heterocycles. The third kappa shape index (κ3) is 4.04. The molecule has 0 radical (unpaired) electrons. The quantitative estimate of drug-likeness (QED) is 0.620. The number of carbonyl (C=O) groups is 2. The van der Waals surface area contributed by atoms with Gasteiger partial charge in [0.05, 0.1) is 12.6 Å². The van der Waals surface area contributed by atoms with E-state index in [-0.39, 0.29) is 6.04 Å². The Morgan fingerprint density at radius 3 is 2.65 bits per heavy atom. The summed E-state index contributed by atoms with van der Waals surface area (Å²) in [5.41, 5.74) is 0.945. The molecule has 0 aliphatic heterocycles. The number of thiophene rings is 1. The SMILES string of the molecule is CC(NC(=O)N[C@H](CO)C(=O)O)c1ccsc1. The molecule has 7 heteroatoms. The maximum Gasteiger partial charge on any atom is 0.328 e. The molecule has 4 N–H and O–H groups in total. The summed E-state index contributed by atoms with van der Waals surface area (Å²) < 4.78 is 0. The lowest BCUT2D eigenvalue weighted by Gasteiger charge is -2.16. The molecule has 1 unspecified atom stereocenters. The number of carboxylic acid groups (broad SMARTS) is 1. The van der Waals surface area contributed by atoms with Gasteiger partial charge in [-0.2, -0.15) is 11.3 Å². The molecule has 0 saturated heterocycles. The number of amides is 2. The van der Waals surface area contributed by atoms with Gasteiger partial charge in [0.1, 0.15) is 0 Å². The minimum absolute atomic E-state index is 0.214. The topological polar surface area (TPSA) is 98.7 Å². The summed E-state index contributed by atoms with van der Waals surface area (Å²) in [6, 6.07) is -0.250. The number of hydrogen-bond donors (Lipinski definition) is 4. The predicted octanol–water partition coefficient (Wildman–Crippen LogP) is 0.554. The Balaban J connectivity index is 2.47. The zero-order valence-corrected chi connectivity index (χ0v) is 10.0. The van der Waals surface area contributed by atoms with Gasteiger partial charge < -0.3 is 20.8 Å². The van der Waals surface area contributed by atoms with Gasteiger partial charge >= 0.3 is 12.0 Å². The van der Waals surface area contributed by atoms with E-state index >= 15 is 0 Å². The summed E-state index contributed by atoms with van der Waals surface area (Å²) in [7, 11) is 0. The minimum atomic E-state index is -1.29. The number of rotatable bonds is 5. The van der Waals surface area contributed by atoms with Crippen LogP contribution in [0.1, 0.15) is 18.5 Å². The van der Waals surface area contributed by atoms with E-state index < -0.39 is 24.6 Å². The van der Waals surface area contributed by atoms with E-state index in [4.69, 9.17) is 10.2 Å². The van der Waals surface area contributed by atoms with Crippen LogP contribution in [0.5, 0.6) is 0 Å². The fourth-order valence-corrected chi connectivity index (χ4v) is 1.94. The van der Waals surface area contributed by atoms with Crippen molar-refractivity contribution >= 4 is 23.3 Å². The van der Waals surface area contributed by atoms with Crippen molar-refractivity contribution in [1.29, 1.82) is 0 Å². The molecule has 0 fully saturated rings. The first-order valence-electron chi connectivity index (χ1n) is 4.97. The van der Waals surface area contributed by atoms with Crippen LogP contribution in [0.15, 0.2) is 16.8 Å². The minimum Gasteiger partial charge on any atom is -0.480 e. The molecule has 0 spiro atoms. The summed E-state index contributed by atoms with van der Waals surface area (Å²) in [6.45, 7) is 1.14. The molecule has 2 amide bonds. The van der Waals surface area contributed by atoms with Crippen LogP contribution >= 0.6 is 11.3 Å². The first-order valence-corrected chi connectivity index (χ1v) is 5.91. The average Bonchev–Trinajstić information content (AvgIpc) is 2.78. The summed E-state index contributed by atoms with van der Waals surface area (Å²) in [6.07, 6.45) is 0. The van der Waals surface area contributed by atoms with Crippen LogP contribution in [0.25, 0.3) is 0 Å². The molecule has 0 aromatic carbocycles. The van der Waals surface area contributed by atoms with Crippen LogP contribution in [0.2, 0.25) is 0 Å². The average molecular weight is 258 g/mol. The van der Waals surface area contributed by atoms with E-state index in [0.29, 0.717) is 0 Å². The molecule has 1 heterocycles. The fraction of sp³-hybridized carbons (Fsp3) is 0.400. The number of aliphatic hydroxyl groups is 1. The standard InChI is InChI=1S/C10H14N2O4S/c1-6(7-2-3-17-5-7)11-10(16)12-8(4-13)9(14)15/h2-3,5-6,8,13H,4H2,1H3,(H,14,15)(H2,11,12,16)/t6?,8-/m1/s1. The van der Waals surface area contributed by atoms with Crippen molar-refractivity contribution in [1.82, 2.24) is 10.6 Å². The molecular formula is C10H14N2O4S. The van der Waals surface area contributed by atoms with Crippen molar-refractivity contribution in [2.24, 2.45) is 0 Å². The second-order valence-corrected chi connectivity index (χ2v) is 4.25. The Morgan fingerprint density at radius 1 is 1.47 bits per heavy atom. The van der Waals surface area contributed by atoms with E-state index in [2.05, 4.69) is 10.6 Å². The second-order valence-electron chi connectivity index (χ2n) is 3.47. The lowest BCUT2D eigenvalue weighted by atomic mass is 10.2. The third-order valence-electron chi connectivity index (χ3n) is 2.18. The zero-order chi connectivity index (χ0) is 12.8. The van der Waals surface area contributed by atoms with Crippen LogP contribution in [0.4, 0.5) is 4.79 Å². The molecule has 0 saturated carbocycles. The third-order valence-corrected chi connectivity index (χ3v) is 2.88. The van der Waals surface area contributed by atoms with Gasteiger partial charge in [0.15, 0.2) is 6.04 Å². The molecule has 0 aliphatic carbocycles. The molecule has 2 atom stereocenters. The fourth-order valence-electron chi connectivity index (χ4n) is 1.19. The van der Waals surface area contributed by atoms with Crippen LogP contribution in [0.3, 0.4) is 0 Å². The van der Waals surface area contributed by atoms with E-state index in [1.54, 1.807) is 6.92 Å². The predicted molar refractivity (Wildman–Crippen MR) is 62.9 cm³/mol. The molecule has 1 rings (SSSR count). The summed E-state index contributed by atoms with van der Waals surface area (Å²) >= 11 is 1.51. The van der Waals surface area contributed by atoms with Crippen LogP contribution < -0.4 is 10.6 Å². The highest BCUT2D eigenvalue weighted by Gasteiger charge is 2.19. The van der Waals surface area contributed by atoms with E-state index in [1.807, 2.05) is 16.8 Å². The van der Waals surface area contributed by atoms with Gasteiger partial charge in [0.2, 0.25) is 0 Å². The van der Waals surface area contributed by atoms with E-state index in [1.165, 1.54) is 11.3 Å². The van der Waals surface area contributed by atoms with E-state index in [0.717, 1.165) is 5.56 Å². The maximum atomic E-state index is 11.4. The molecule has 0 bridgehead atoms. The Kier molecular flexibility index (Phi) is 4.92. The van der Waals surface area contributed by atoms with Crippen LogP contribution in [-0.2, 0) is 4.79 Å². The lowest BCUT2D eigenvalue weighted by molar-refractivity contribution is -0.140. The van der Waals surface area contributed by atoms with Crippen molar-refractivity contribution < 1.29 is 19.8 Å². The van der Waals surface area contributed by atoms with E-state index in [9.17, 15) is 9.59 Å². The van der Waals surface area contributed by atoms with Gasteiger partial charge in [0, 0.05) is 0 Å². The first-order chi connectivity index (χ1) is 8.04. The van der Waals surface area contributed by atoms with Gasteiger partial charge in [-0.25, -0.2) is 9.59 Å². The number of aliphatic hydroxyl groups excluding tert-OH is 1. The molecule has 17 heavy (non-hydrogen) atoms. The maximum absolute atomic E-state index is 11.4. The molecular weight excluding hydrogens is 244 g/mol. The normalized spacial score (nSPS) is 13.8. The number of carboxylic acids is 1. The summed E-state index contributed by atoms with van der Waals surface area (Å²) in [5, 5.41) is 25.9. The van der Waals surface area contributed by atoms with Gasteiger partial charge in [0.25, 0.3) is 0 Å². The van der Waals surface area contributed by atoms with Crippen molar-refractivity contribution in [2.75, 3.05) is 6.61 Å². The highest BCUT2D eigenvalue weighted by Crippen LogP contribution is 2.15. The van der Waals surface area contributed by atoms with Gasteiger partial charge in [-0.3, -0.25) is 0 Å². The number of carbonyl (C=O) groups excluding carboxylic acids is 1. The molecule has 6 nitrogen and oxygen atoms in total. The monoisotopic (exact) mass is 258 g/mol. The molecule has 0 aliphatic rings. The van der Waals surface area contributed by atoms with Crippen molar-refractivity contribution in [3.05, 3.63) is 22.4 Å². The highest BCUT2D eigenvalue weighted by molar-refractivity contribution is 7.07. The number of nitrogens with one attached hydrogen (secondary N) is 2. The van der Waals surface area contributed by atoms with Gasteiger partial charge in [-0.05, 0) is 29.3 Å². The Morgan fingerprint density at radius 2 is 2.18 bits per heavy atom. The smallest absolute Gasteiger partial charge is 0.328 e. The largest absolute Gasteiger partial charge is 0.480 e. The molecule has 1 aromatic rings. The first kappa shape index (κ1) is 13.5. The summed E-state index contributed by atoms with van der Waals surface area (Å²) in [4.78, 5) is 22.0. The van der Waals surface area contributed by atoms with Crippen LogP contribution in [0, 0.1) is 0 Å².